The third-order valence-corrected chi connectivity index (χ3v) is 5.65. The molecule has 0 aromatic rings. The predicted octanol–water partition coefficient (Wildman–Crippen LogP) is 3.59. The number of fused-ring (bicyclic) bond motifs is 2. The third kappa shape index (κ3) is 1.32. The minimum Gasteiger partial charge on any atom is -0.295 e. The molecule has 1 nitrogen and oxygen atoms in total. The summed E-state index contributed by atoms with van der Waals surface area (Å²) in [7, 11) is 0. The molecule has 2 bridgehead atoms. The number of hydrogen-bond donors (Lipinski definition) is 0. The van der Waals surface area contributed by atoms with Gasteiger partial charge in [-0.1, -0.05) is 27.4 Å². The van der Waals surface area contributed by atoms with Gasteiger partial charge in [-0.3, -0.25) is 4.79 Å². The van der Waals surface area contributed by atoms with E-state index in [-0.39, 0.29) is 5.78 Å². The Balaban J connectivity index is 2.19. The summed E-state index contributed by atoms with van der Waals surface area (Å²) in [6, 6.07) is 0. The lowest BCUT2D eigenvalue weighted by Gasteiger charge is -2.39. The summed E-state index contributed by atoms with van der Waals surface area (Å²) in [4.78, 5) is 11.5. The second-order valence-corrected chi connectivity index (χ2v) is 6.18. The van der Waals surface area contributed by atoms with E-state index in [0.717, 1.165) is 12.3 Å². The Labute approximate surface area is 92.9 Å². The summed E-state index contributed by atoms with van der Waals surface area (Å²) >= 11 is 0. The summed E-state index contributed by atoms with van der Waals surface area (Å²) in [6.07, 6.45) is 6.13. The van der Waals surface area contributed by atoms with E-state index in [1.165, 1.54) is 25.3 Å². The molecule has 3 unspecified atom stereocenters. The van der Waals surface area contributed by atoms with Gasteiger partial charge in [0.2, 0.25) is 0 Å². The number of allylic oxidation sites excluding steroid dienone is 1. The van der Waals surface area contributed by atoms with Gasteiger partial charge in [-0.15, -0.1) is 0 Å². The van der Waals surface area contributed by atoms with Crippen molar-refractivity contribution in [3.63, 3.8) is 0 Å². The fourth-order valence-corrected chi connectivity index (χ4v) is 4.00. The van der Waals surface area contributed by atoms with E-state index < -0.39 is 0 Å². The Hall–Kier alpha value is -0.590. The minimum absolute atomic E-state index is 0.226. The van der Waals surface area contributed by atoms with Gasteiger partial charge in [0.25, 0.3) is 0 Å². The largest absolute Gasteiger partial charge is 0.295 e. The van der Waals surface area contributed by atoms with Crippen LogP contribution in [0.5, 0.6) is 0 Å². The lowest BCUT2D eigenvalue weighted by Crippen LogP contribution is -2.33. The molecule has 0 saturated heterocycles. The lowest BCUT2D eigenvalue weighted by atomic mass is 9.65. The Morgan fingerprint density at radius 2 is 2.13 bits per heavy atom. The highest BCUT2D eigenvalue weighted by Crippen LogP contribution is 2.68. The van der Waals surface area contributed by atoms with Gasteiger partial charge in [0.05, 0.1) is 0 Å². The number of ketones is 1. The smallest absolute Gasteiger partial charge is 0.155 e. The maximum Gasteiger partial charge on any atom is 0.155 e. The van der Waals surface area contributed by atoms with Crippen LogP contribution in [-0.2, 0) is 4.79 Å². The second kappa shape index (κ2) is 3.20. The van der Waals surface area contributed by atoms with Crippen molar-refractivity contribution >= 4 is 5.78 Å². The predicted molar refractivity (Wildman–Crippen MR) is 62.5 cm³/mol. The quantitative estimate of drug-likeness (QED) is 0.645. The highest BCUT2D eigenvalue weighted by Gasteiger charge is 2.60. The van der Waals surface area contributed by atoms with Crippen LogP contribution in [0.15, 0.2) is 12.7 Å². The van der Waals surface area contributed by atoms with Crippen molar-refractivity contribution in [3.05, 3.63) is 12.7 Å². The van der Waals surface area contributed by atoms with E-state index in [9.17, 15) is 4.79 Å². The molecule has 0 aliphatic heterocycles. The minimum atomic E-state index is 0.226. The van der Waals surface area contributed by atoms with Crippen LogP contribution in [0.1, 0.15) is 46.5 Å². The molecule has 1 heteroatoms. The molecular formula is C14H22O. The molecule has 0 N–H and O–H groups in total. The van der Waals surface area contributed by atoms with Crippen molar-refractivity contribution < 1.29 is 4.79 Å². The Morgan fingerprint density at radius 3 is 2.53 bits per heavy atom. The number of rotatable bonds is 3. The molecule has 0 aromatic carbocycles. The fourth-order valence-electron chi connectivity index (χ4n) is 4.00. The maximum atomic E-state index is 11.5. The van der Waals surface area contributed by atoms with Gasteiger partial charge >= 0.3 is 0 Å². The molecule has 0 aromatic heterocycles. The number of carbonyl (C=O) groups is 1. The van der Waals surface area contributed by atoms with Gasteiger partial charge in [-0.05, 0) is 48.0 Å². The standard InChI is InChI=1S/C14H22O/c1-5-12(15)9-11-8-10-6-7-14(11,4)13(10,2)3/h5,10-11H,1,6-9H2,2-4H3. The first-order valence-corrected chi connectivity index (χ1v) is 6.07. The lowest BCUT2D eigenvalue weighted by molar-refractivity contribution is -0.116. The second-order valence-electron chi connectivity index (χ2n) is 6.18. The first-order valence-electron chi connectivity index (χ1n) is 6.07. The van der Waals surface area contributed by atoms with E-state index in [2.05, 4.69) is 27.4 Å². The molecule has 0 heterocycles. The summed E-state index contributed by atoms with van der Waals surface area (Å²) in [5.74, 6) is 1.66. The van der Waals surface area contributed by atoms with Crippen LogP contribution in [-0.4, -0.2) is 5.78 Å². The van der Waals surface area contributed by atoms with Crippen LogP contribution in [0.4, 0.5) is 0 Å². The van der Waals surface area contributed by atoms with E-state index in [0.29, 0.717) is 16.7 Å². The first-order chi connectivity index (χ1) is 6.91. The molecule has 84 valence electrons. The van der Waals surface area contributed by atoms with E-state index >= 15 is 0 Å². The zero-order valence-corrected chi connectivity index (χ0v) is 10.2. The Kier molecular flexibility index (Phi) is 2.33. The fraction of sp³-hybridized carbons (Fsp3) is 0.786. The highest BCUT2D eigenvalue weighted by molar-refractivity contribution is 5.89. The monoisotopic (exact) mass is 206 g/mol. The average molecular weight is 206 g/mol. The molecule has 2 fully saturated rings. The Morgan fingerprint density at radius 1 is 1.47 bits per heavy atom. The van der Waals surface area contributed by atoms with Crippen molar-refractivity contribution in [3.8, 4) is 0 Å². The Bertz CT molecular complexity index is 302. The summed E-state index contributed by atoms with van der Waals surface area (Å²) in [5.41, 5.74) is 0.815. The summed E-state index contributed by atoms with van der Waals surface area (Å²) in [5, 5.41) is 0. The van der Waals surface area contributed by atoms with E-state index in [1.54, 1.807) is 0 Å². The summed E-state index contributed by atoms with van der Waals surface area (Å²) < 4.78 is 0. The normalized spacial score (nSPS) is 41.8. The van der Waals surface area contributed by atoms with Crippen molar-refractivity contribution in [2.45, 2.75) is 46.5 Å². The molecule has 2 aliphatic carbocycles. The molecule has 3 atom stereocenters. The highest BCUT2D eigenvalue weighted by atomic mass is 16.1. The molecular weight excluding hydrogens is 184 g/mol. The molecule has 15 heavy (non-hydrogen) atoms. The van der Waals surface area contributed by atoms with Gasteiger partial charge < -0.3 is 0 Å². The topological polar surface area (TPSA) is 17.1 Å². The van der Waals surface area contributed by atoms with Crippen LogP contribution in [0.3, 0.4) is 0 Å². The van der Waals surface area contributed by atoms with Gasteiger partial charge in [0.15, 0.2) is 5.78 Å². The SMILES string of the molecule is C=CC(=O)CC1CC2CCC1(C)C2(C)C. The molecule has 2 aliphatic rings. The van der Waals surface area contributed by atoms with Gasteiger partial charge in [-0.25, -0.2) is 0 Å². The van der Waals surface area contributed by atoms with Crippen LogP contribution in [0.25, 0.3) is 0 Å². The molecule has 0 amide bonds. The summed E-state index contributed by atoms with van der Waals surface area (Å²) in [6.45, 7) is 10.7. The van der Waals surface area contributed by atoms with Gasteiger partial charge in [-0.2, -0.15) is 0 Å². The van der Waals surface area contributed by atoms with Crippen LogP contribution in [0, 0.1) is 22.7 Å². The van der Waals surface area contributed by atoms with Crippen molar-refractivity contribution in [1.82, 2.24) is 0 Å². The zero-order valence-electron chi connectivity index (χ0n) is 10.2. The maximum absolute atomic E-state index is 11.5. The van der Waals surface area contributed by atoms with Crippen LogP contribution < -0.4 is 0 Å². The average Bonchev–Trinajstić information content (AvgIpc) is 2.50. The van der Waals surface area contributed by atoms with Crippen molar-refractivity contribution in [2.75, 3.05) is 0 Å². The van der Waals surface area contributed by atoms with E-state index in [4.69, 9.17) is 0 Å². The molecule has 2 saturated carbocycles. The molecule has 0 radical (unpaired) electrons. The zero-order chi connectivity index (χ0) is 11.3. The van der Waals surface area contributed by atoms with Gasteiger partial charge in [0, 0.05) is 6.42 Å². The first kappa shape index (κ1) is 10.9. The van der Waals surface area contributed by atoms with E-state index in [1.807, 2.05) is 0 Å². The van der Waals surface area contributed by atoms with Gasteiger partial charge in [0.1, 0.15) is 0 Å². The van der Waals surface area contributed by atoms with Crippen molar-refractivity contribution in [2.24, 2.45) is 22.7 Å². The van der Waals surface area contributed by atoms with Crippen LogP contribution >= 0.6 is 0 Å². The number of hydrogen-bond acceptors (Lipinski definition) is 1. The van der Waals surface area contributed by atoms with Crippen molar-refractivity contribution in [1.29, 1.82) is 0 Å². The molecule has 0 spiro atoms. The molecule has 2 rings (SSSR count). The third-order valence-electron chi connectivity index (χ3n) is 5.65. The van der Waals surface area contributed by atoms with Crippen LogP contribution in [0.2, 0.25) is 0 Å². The number of carbonyl (C=O) groups excluding carboxylic acids is 1.